The Hall–Kier alpha value is -0.810. The maximum atomic E-state index is 11.2. The molecule has 1 heterocycles. The predicted molar refractivity (Wildman–Crippen MR) is 57.8 cm³/mol. The number of alkyl halides is 1. The molecule has 0 radical (unpaired) electrons. The number of halogens is 1. The molecule has 0 aliphatic rings. The van der Waals surface area contributed by atoms with Gasteiger partial charge in [-0.1, -0.05) is 11.8 Å². The Morgan fingerprint density at radius 2 is 2.14 bits per heavy atom. The Bertz CT molecular complexity index is 315. The van der Waals surface area contributed by atoms with Crippen molar-refractivity contribution in [2.24, 2.45) is 0 Å². The number of nitrogens with zero attached hydrogens (tertiary/aromatic N) is 2. The van der Waals surface area contributed by atoms with Crippen molar-refractivity contribution < 1.29 is 4.79 Å². The fourth-order valence-corrected chi connectivity index (χ4v) is 1.10. The summed E-state index contributed by atoms with van der Waals surface area (Å²) in [6.45, 7) is 1.61. The lowest BCUT2D eigenvalue weighted by Gasteiger charge is -2.05. The van der Waals surface area contributed by atoms with Gasteiger partial charge in [0.25, 0.3) is 0 Å². The summed E-state index contributed by atoms with van der Waals surface area (Å²) in [6.07, 6.45) is 4.99. The van der Waals surface area contributed by atoms with E-state index in [1.54, 1.807) is 19.3 Å². The summed E-state index contributed by atoms with van der Waals surface area (Å²) in [6, 6.07) is 0. The Labute approximate surface area is 91.5 Å². The Morgan fingerprint density at radius 3 is 2.57 bits per heavy atom. The molecule has 0 aliphatic carbocycles. The van der Waals surface area contributed by atoms with Gasteiger partial charge in [-0.15, -0.1) is 11.6 Å². The number of amides is 1. The predicted octanol–water partition coefficient (Wildman–Crippen LogP) is 1.76. The highest BCUT2D eigenvalue weighted by Crippen LogP contribution is 2.10. The second-order valence-corrected chi connectivity index (χ2v) is 3.99. The van der Waals surface area contributed by atoms with Crippen LogP contribution in [0.3, 0.4) is 0 Å². The average Bonchev–Trinajstić information content (AvgIpc) is 2.19. The van der Waals surface area contributed by atoms with Crippen molar-refractivity contribution in [2.45, 2.75) is 17.5 Å². The van der Waals surface area contributed by atoms with Gasteiger partial charge in [0.15, 0.2) is 5.16 Å². The summed E-state index contributed by atoms with van der Waals surface area (Å²) in [4.78, 5) is 19.2. The Balaban J connectivity index is 2.64. The number of anilines is 1. The van der Waals surface area contributed by atoms with Gasteiger partial charge in [0.05, 0.1) is 18.1 Å². The van der Waals surface area contributed by atoms with E-state index in [1.165, 1.54) is 11.8 Å². The average molecular weight is 232 g/mol. The van der Waals surface area contributed by atoms with Crippen LogP contribution in [0.5, 0.6) is 0 Å². The molecular weight excluding hydrogens is 222 g/mol. The first-order chi connectivity index (χ1) is 6.63. The molecule has 1 N–H and O–H groups in total. The van der Waals surface area contributed by atoms with Crippen molar-refractivity contribution in [3.8, 4) is 0 Å². The largest absolute Gasteiger partial charge is 0.322 e. The minimum Gasteiger partial charge on any atom is -0.322 e. The van der Waals surface area contributed by atoms with Crippen LogP contribution >= 0.6 is 23.4 Å². The molecule has 0 spiro atoms. The smallest absolute Gasteiger partial charge is 0.242 e. The van der Waals surface area contributed by atoms with Crippen molar-refractivity contribution in [1.29, 1.82) is 0 Å². The van der Waals surface area contributed by atoms with Crippen LogP contribution in [0.4, 0.5) is 5.69 Å². The topological polar surface area (TPSA) is 54.9 Å². The highest BCUT2D eigenvalue weighted by Gasteiger charge is 2.09. The van der Waals surface area contributed by atoms with Gasteiger partial charge in [-0.05, 0) is 13.2 Å². The summed E-state index contributed by atoms with van der Waals surface area (Å²) < 4.78 is 0. The first-order valence-electron chi connectivity index (χ1n) is 3.94. The number of aromatic nitrogens is 2. The minimum absolute atomic E-state index is 0.257. The van der Waals surface area contributed by atoms with E-state index < -0.39 is 5.38 Å². The van der Waals surface area contributed by atoms with Crippen molar-refractivity contribution in [3.05, 3.63) is 12.4 Å². The highest BCUT2D eigenvalue weighted by atomic mass is 35.5. The summed E-state index contributed by atoms with van der Waals surface area (Å²) in [7, 11) is 0. The third kappa shape index (κ3) is 3.16. The van der Waals surface area contributed by atoms with Crippen LogP contribution in [0.2, 0.25) is 0 Å². The minimum atomic E-state index is -0.560. The zero-order chi connectivity index (χ0) is 10.6. The molecule has 0 aromatic carbocycles. The lowest BCUT2D eigenvalue weighted by Crippen LogP contribution is -2.20. The normalized spacial score (nSPS) is 12.2. The quantitative estimate of drug-likeness (QED) is 0.489. The molecule has 1 aromatic rings. The fourth-order valence-electron chi connectivity index (χ4n) is 0.728. The van der Waals surface area contributed by atoms with Crippen LogP contribution in [0.1, 0.15) is 6.92 Å². The molecule has 1 aromatic heterocycles. The van der Waals surface area contributed by atoms with E-state index in [-0.39, 0.29) is 5.91 Å². The molecule has 6 heteroatoms. The number of nitrogens with one attached hydrogen (secondary N) is 1. The third-order valence-corrected chi connectivity index (χ3v) is 2.21. The van der Waals surface area contributed by atoms with Crippen molar-refractivity contribution in [2.75, 3.05) is 11.6 Å². The van der Waals surface area contributed by atoms with Crippen LogP contribution < -0.4 is 5.32 Å². The summed E-state index contributed by atoms with van der Waals surface area (Å²) in [5.74, 6) is -0.257. The van der Waals surface area contributed by atoms with Gasteiger partial charge >= 0.3 is 0 Å². The molecule has 1 rings (SSSR count). The van der Waals surface area contributed by atoms with Crippen LogP contribution in [-0.4, -0.2) is 27.5 Å². The highest BCUT2D eigenvalue weighted by molar-refractivity contribution is 7.98. The molecule has 0 fully saturated rings. The maximum absolute atomic E-state index is 11.2. The van der Waals surface area contributed by atoms with Gasteiger partial charge in [0.2, 0.25) is 5.91 Å². The van der Waals surface area contributed by atoms with Crippen LogP contribution in [0.25, 0.3) is 0 Å². The number of hydrogen-bond acceptors (Lipinski definition) is 4. The molecule has 1 atom stereocenters. The van der Waals surface area contributed by atoms with Gasteiger partial charge in [0.1, 0.15) is 5.38 Å². The molecule has 14 heavy (non-hydrogen) atoms. The first-order valence-corrected chi connectivity index (χ1v) is 5.60. The van der Waals surface area contributed by atoms with E-state index in [0.717, 1.165) is 0 Å². The van der Waals surface area contributed by atoms with Crippen molar-refractivity contribution >= 4 is 35.0 Å². The second-order valence-electron chi connectivity index (χ2n) is 2.56. The molecule has 0 saturated carbocycles. The van der Waals surface area contributed by atoms with E-state index in [0.29, 0.717) is 10.8 Å². The second kappa shape index (κ2) is 5.17. The van der Waals surface area contributed by atoms with Crippen LogP contribution in [-0.2, 0) is 4.79 Å². The zero-order valence-electron chi connectivity index (χ0n) is 7.82. The van der Waals surface area contributed by atoms with E-state index in [2.05, 4.69) is 15.3 Å². The van der Waals surface area contributed by atoms with E-state index in [4.69, 9.17) is 11.6 Å². The molecular formula is C8H10ClN3OS. The van der Waals surface area contributed by atoms with Gasteiger partial charge in [-0.2, -0.15) is 0 Å². The fraction of sp³-hybridized carbons (Fsp3) is 0.375. The van der Waals surface area contributed by atoms with E-state index >= 15 is 0 Å². The summed E-state index contributed by atoms with van der Waals surface area (Å²) in [5.41, 5.74) is 0.556. The number of rotatable bonds is 3. The molecule has 76 valence electrons. The van der Waals surface area contributed by atoms with Crippen molar-refractivity contribution in [1.82, 2.24) is 9.97 Å². The van der Waals surface area contributed by atoms with Gasteiger partial charge in [0, 0.05) is 0 Å². The molecule has 0 saturated heterocycles. The Kier molecular flexibility index (Phi) is 4.16. The number of thioether (sulfide) groups is 1. The van der Waals surface area contributed by atoms with Gasteiger partial charge < -0.3 is 5.32 Å². The van der Waals surface area contributed by atoms with Gasteiger partial charge in [-0.25, -0.2) is 9.97 Å². The van der Waals surface area contributed by atoms with E-state index in [9.17, 15) is 4.79 Å². The lowest BCUT2D eigenvalue weighted by atomic mass is 10.4. The van der Waals surface area contributed by atoms with E-state index in [1.807, 2.05) is 6.26 Å². The molecule has 4 nitrogen and oxygen atoms in total. The number of hydrogen-bond donors (Lipinski definition) is 1. The monoisotopic (exact) mass is 231 g/mol. The standard InChI is InChI=1S/C8H10ClN3OS/c1-5(9)7(13)12-6-3-10-8(14-2)11-4-6/h3-5H,1-2H3,(H,12,13). The molecule has 1 unspecified atom stereocenters. The molecule has 1 amide bonds. The third-order valence-electron chi connectivity index (χ3n) is 1.44. The number of carbonyl (C=O) groups is 1. The van der Waals surface area contributed by atoms with Gasteiger partial charge in [-0.3, -0.25) is 4.79 Å². The number of carbonyl (C=O) groups excluding carboxylic acids is 1. The first kappa shape index (κ1) is 11.3. The zero-order valence-corrected chi connectivity index (χ0v) is 9.39. The maximum Gasteiger partial charge on any atom is 0.242 e. The summed E-state index contributed by atoms with van der Waals surface area (Å²) >= 11 is 7.02. The molecule has 0 aliphatic heterocycles. The van der Waals surface area contributed by atoms with Crippen molar-refractivity contribution in [3.63, 3.8) is 0 Å². The SMILES string of the molecule is CSc1ncc(NC(=O)C(C)Cl)cn1. The van der Waals surface area contributed by atoms with Crippen LogP contribution in [0.15, 0.2) is 17.6 Å². The lowest BCUT2D eigenvalue weighted by molar-refractivity contribution is -0.115. The molecule has 0 bridgehead atoms. The van der Waals surface area contributed by atoms with Crippen LogP contribution in [0, 0.1) is 0 Å². The Morgan fingerprint density at radius 1 is 1.57 bits per heavy atom. The summed E-state index contributed by atoms with van der Waals surface area (Å²) in [5, 5.41) is 2.70.